The molecule has 1 unspecified atom stereocenters. The van der Waals surface area contributed by atoms with Crippen LogP contribution in [0.15, 0.2) is 0 Å². The molecule has 0 aromatic carbocycles. The molecule has 0 radical (unpaired) electrons. The average Bonchev–Trinajstić information content (AvgIpc) is 2.38. The zero-order valence-corrected chi connectivity index (χ0v) is 13.6. The van der Waals surface area contributed by atoms with Gasteiger partial charge in [-0.25, -0.2) is 0 Å². The van der Waals surface area contributed by atoms with Gasteiger partial charge in [0.2, 0.25) is 0 Å². The third-order valence-electron chi connectivity index (χ3n) is 3.30. The fraction of sp³-hybridized carbons (Fsp3) is 1.00. The van der Waals surface area contributed by atoms with Crippen LogP contribution in [0.5, 0.6) is 0 Å². The summed E-state index contributed by atoms with van der Waals surface area (Å²) in [4.78, 5) is 0. The topological polar surface area (TPSA) is 49.9 Å². The molecule has 114 valence electrons. The smallest absolute Gasteiger partial charge is 0.282 e. The number of nitrogens with zero attached hydrogens (tertiary/aromatic N) is 2. The fourth-order valence-electron chi connectivity index (χ4n) is 2.14. The van der Waals surface area contributed by atoms with Crippen molar-refractivity contribution < 1.29 is 13.2 Å². The monoisotopic (exact) mass is 312 g/mol. The molecule has 0 aromatic heterocycles. The second-order valence-corrected chi connectivity index (χ2v) is 7.46. The van der Waals surface area contributed by atoms with Gasteiger partial charge in [0.25, 0.3) is 10.2 Å². The Morgan fingerprint density at radius 2 is 2.11 bits per heavy atom. The van der Waals surface area contributed by atoms with E-state index < -0.39 is 10.2 Å². The van der Waals surface area contributed by atoms with E-state index in [9.17, 15) is 8.42 Å². The second kappa shape index (κ2) is 7.78. The number of hydrogen-bond donors (Lipinski definition) is 0. The SMILES string of the molecule is CC(C)OCCN(C)S(=O)(=O)N1CCCCC1CCl. The molecule has 1 atom stereocenters. The summed E-state index contributed by atoms with van der Waals surface area (Å²) in [5.41, 5.74) is 0. The van der Waals surface area contributed by atoms with Gasteiger partial charge in [-0.05, 0) is 26.7 Å². The van der Waals surface area contributed by atoms with E-state index in [1.165, 1.54) is 4.31 Å². The van der Waals surface area contributed by atoms with E-state index in [1.54, 1.807) is 11.4 Å². The van der Waals surface area contributed by atoms with Crippen molar-refractivity contribution in [3.8, 4) is 0 Å². The Labute approximate surface area is 122 Å². The molecular weight excluding hydrogens is 288 g/mol. The van der Waals surface area contributed by atoms with Crippen molar-refractivity contribution in [2.45, 2.75) is 45.3 Å². The number of alkyl halides is 1. The lowest BCUT2D eigenvalue weighted by molar-refractivity contribution is 0.0725. The maximum Gasteiger partial charge on any atom is 0.282 e. The highest BCUT2D eigenvalue weighted by Gasteiger charge is 2.34. The minimum absolute atomic E-state index is 0.0751. The molecule has 0 spiro atoms. The summed E-state index contributed by atoms with van der Waals surface area (Å²) in [6, 6.07) is -0.0751. The van der Waals surface area contributed by atoms with Crippen molar-refractivity contribution >= 4 is 21.8 Å². The van der Waals surface area contributed by atoms with Gasteiger partial charge in [-0.1, -0.05) is 6.42 Å². The first kappa shape index (κ1) is 17.2. The molecule has 19 heavy (non-hydrogen) atoms. The van der Waals surface area contributed by atoms with E-state index in [1.807, 2.05) is 13.8 Å². The summed E-state index contributed by atoms with van der Waals surface area (Å²) in [5.74, 6) is 0.357. The van der Waals surface area contributed by atoms with Gasteiger partial charge in [0.1, 0.15) is 0 Å². The molecule has 0 aromatic rings. The van der Waals surface area contributed by atoms with Crippen molar-refractivity contribution in [3.05, 3.63) is 0 Å². The van der Waals surface area contributed by atoms with Crippen molar-refractivity contribution in [1.29, 1.82) is 0 Å². The summed E-state index contributed by atoms with van der Waals surface area (Å²) >= 11 is 5.88. The maximum atomic E-state index is 12.5. The summed E-state index contributed by atoms with van der Waals surface area (Å²) in [5, 5.41) is 0. The van der Waals surface area contributed by atoms with E-state index in [0.29, 0.717) is 25.6 Å². The first-order chi connectivity index (χ1) is 8.89. The fourth-order valence-corrected chi connectivity index (χ4v) is 4.13. The van der Waals surface area contributed by atoms with Gasteiger partial charge in [-0.2, -0.15) is 17.0 Å². The van der Waals surface area contributed by atoms with E-state index in [-0.39, 0.29) is 12.1 Å². The molecule has 5 nitrogen and oxygen atoms in total. The van der Waals surface area contributed by atoms with Crippen molar-refractivity contribution in [2.24, 2.45) is 0 Å². The maximum absolute atomic E-state index is 12.5. The van der Waals surface area contributed by atoms with E-state index >= 15 is 0 Å². The highest BCUT2D eigenvalue weighted by Crippen LogP contribution is 2.22. The molecular formula is C12H25ClN2O3S. The Morgan fingerprint density at radius 1 is 1.42 bits per heavy atom. The number of rotatable bonds is 7. The normalized spacial score (nSPS) is 22.3. The van der Waals surface area contributed by atoms with Gasteiger partial charge in [0.05, 0.1) is 12.7 Å². The van der Waals surface area contributed by atoms with Gasteiger partial charge < -0.3 is 4.74 Å². The zero-order chi connectivity index (χ0) is 14.5. The van der Waals surface area contributed by atoms with Gasteiger partial charge in [0.15, 0.2) is 0 Å². The number of hydrogen-bond acceptors (Lipinski definition) is 3. The van der Waals surface area contributed by atoms with Gasteiger partial charge >= 0.3 is 0 Å². The Hall–Kier alpha value is 0.120. The van der Waals surface area contributed by atoms with Crippen LogP contribution in [0.25, 0.3) is 0 Å². The molecule has 7 heteroatoms. The minimum Gasteiger partial charge on any atom is -0.377 e. The highest BCUT2D eigenvalue weighted by atomic mass is 35.5. The third-order valence-corrected chi connectivity index (χ3v) is 5.70. The number of halogens is 1. The van der Waals surface area contributed by atoms with E-state index in [4.69, 9.17) is 16.3 Å². The first-order valence-corrected chi connectivity index (χ1v) is 8.73. The summed E-state index contributed by atoms with van der Waals surface area (Å²) in [6.07, 6.45) is 2.91. The van der Waals surface area contributed by atoms with Gasteiger partial charge in [0, 0.05) is 32.1 Å². The van der Waals surface area contributed by atoms with E-state index in [2.05, 4.69) is 0 Å². The van der Waals surface area contributed by atoms with Crippen LogP contribution in [0.2, 0.25) is 0 Å². The van der Waals surface area contributed by atoms with Crippen molar-refractivity contribution in [3.63, 3.8) is 0 Å². The summed E-state index contributed by atoms with van der Waals surface area (Å²) < 4.78 is 33.2. The Balaban J connectivity index is 2.61. The largest absolute Gasteiger partial charge is 0.377 e. The Morgan fingerprint density at radius 3 is 2.68 bits per heavy atom. The molecule has 1 rings (SSSR count). The van der Waals surface area contributed by atoms with Crippen molar-refractivity contribution in [2.75, 3.05) is 32.6 Å². The summed E-state index contributed by atoms with van der Waals surface area (Å²) in [7, 11) is -1.82. The van der Waals surface area contributed by atoms with E-state index in [0.717, 1.165) is 19.3 Å². The van der Waals surface area contributed by atoms with Crippen LogP contribution in [0.4, 0.5) is 0 Å². The molecule has 1 aliphatic heterocycles. The molecule has 1 heterocycles. The standard InChI is InChI=1S/C12H25ClN2O3S/c1-11(2)18-9-8-14(3)19(16,17)15-7-5-4-6-12(15)10-13/h11-12H,4-10H2,1-3H3. The van der Waals surface area contributed by atoms with Crippen LogP contribution in [0.3, 0.4) is 0 Å². The molecule has 1 saturated heterocycles. The van der Waals surface area contributed by atoms with Crippen LogP contribution in [-0.4, -0.2) is 61.8 Å². The Kier molecular flexibility index (Phi) is 7.04. The predicted molar refractivity (Wildman–Crippen MR) is 77.7 cm³/mol. The first-order valence-electron chi connectivity index (χ1n) is 6.80. The number of likely N-dealkylation sites (N-methyl/N-ethyl adjacent to an activating group) is 1. The lowest BCUT2D eigenvalue weighted by Crippen LogP contribution is -2.50. The van der Waals surface area contributed by atoms with Gasteiger partial charge in [-0.3, -0.25) is 0 Å². The van der Waals surface area contributed by atoms with Crippen LogP contribution in [0.1, 0.15) is 33.1 Å². The number of ether oxygens (including phenoxy) is 1. The van der Waals surface area contributed by atoms with Crippen molar-refractivity contribution in [1.82, 2.24) is 8.61 Å². The molecule has 0 bridgehead atoms. The highest BCUT2D eigenvalue weighted by molar-refractivity contribution is 7.86. The Bertz CT molecular complexity index is 362. The summed E-state index contributed by atoms with van der Waals surface area (Å²) in [6.45, 7) is 5.21. The molecule has 0 N–H and O–H groups in total. The van der Waals surface area contributed by atoms with Crippen LogP contribution < -0.4 is 0 Å². The molecule has 1 aliphatic rings. The molecule has 0 aliphatic carbocycles. The minimum atomic E-state index is -3.42. The number of piperidine rings is 1. The van der Waals surface area contributed by atoms with Crippen LogP contribution in [0, 0.1) is 0 Å². The van der Waals surface area contributed by atoms with Crippen LogP contribution in [-0.2, 0) is 14.9 Å². The predicted octanol–water partition coefficient (Wildman–Crippen LogP) is 1.68. The third kappa shape index (κ3) is 4.86. The second-order valence-electron chi connectivity index (χ2n) is 5.16. The van der Waals surface area contributed by atoms with Gasteiger partial charge in [-0.15, -0.1) is 11.6 Å². The average molecular weight is 313 g/mol. The lowest BCUT2D eigenvalue weighted by Gasteiger charge is -2.36. The lowest BCUT2D eigenvalue weighted by atomic mass is 10.1. The quantitative estimate of drug-likeness (QED) is 0.672. The van der Waals surface area contributed by atoms with Crippen LogP contribution >= 0.6 is 11.6 Å². The molecule has 1 fully saturated rings. The molecule has 0 amide bonds. The zero-order valence-electron chi connectivity index (χ0n) is 12.0. The molecule has 0 saturated carbocycles.